The lowest BCUT2D eigenvalue weighted by molar-refractivity contribution is -0.0419. The first-order chi connectivity index (χ1) is 14.2. The number of halogens is 1. The van der Waals surface area contributed by atoms with Gasteiger partial charge in [0.1, 0.15) is 5.82 Å². The van der Waals surface area contributed by atoms with E-state index in [2.05, 4.69) is 16.5 Å². The molecule has 1 unspecified atom stereocenters. The minimum atomic E-state index is -0.247. The van der Waals surface area contributed by atoms with E-state index in [1.807, 2.05) is 21.4 Å². The molecule has 1 aliphatic rings. The van der Waals surface area contributed by atoms with Gasteiger partial charge in [-0.1, -0.05) is 18.2 Å². The molecule has 0 radical (unpaired) electrons. The van der Waals surface area contributed by atoms with Crippen molar-refractivity contribution < 1.29 is 9.13 Å². The molecule has 0 spiro atoms. The summed E-state index contributed by atoms with van der Waals surface area (Å²) in [7, 11) is 0. The smallest absolute Gasteiger partial charge is 0.199 e. The van der Waals surface area contributed by atoms with E-state index in [1.165, 1.54) is 12.1 Å². The molecule has 2 aromatic heterocycles. The number of pyridine rings is 1. The predicted octanol–water partition coefficient (Wildman–Crippen LogP) is 3.83. The third kappa shape index (κ3) is 4.34. The fourth-order valence-corrected chi connectivity index (χ4v) is 3.69. The van der Waals surface area contributed by atoms with E-state index in [0.717, 1.165) is 23.5 Å². The second kappa shape index (κ2) is 8.77. The second-order valence-corrected chi connectivity index (χ2v) is 7.24. The summed E-state index contributed by atoms with van der Waals surface area (Å²) in [5.74, 6) is 0.523. The van der Waals surface area contributed by atoms with Crippen LogP contribution in [0.2, 0.25) is 0 Å². The zero-order chi connectivity index (χ0) is 20.2. The van der Waals surface area contributed by atoms with E-state index < -0.39 is 0 Å². The van der Waals surface area contributed by atoms with E-state index in [9.17, 15) is 4.39 Å². The molecule has 1 saturated heterocycles. The topological polar surface area (TPSA) is 48.1 Å². The summed E-state index contributed by atoms with van der Waals surface area (Å²) in [6.45, 7) is 7.01. The van der Waals surface area contributed by atoms with E-state index in [4.69, 9.17) is 22.1 Å². The van der Waals surface area contributed by atoms with Crippen molar-refractivity contribution in [2.24, 2.45) is 0 Å². The summed E-state index contributed by atoms with van der Waals surface area (Å²) in [6, 6.07) is 10.3. The molecule has 29 heavy (non-hydrogen) atoms. The molecule has 0 amide bonds. The van der Waals surface area contributed by atoms with E-state index in [1.54, 1.807) is 30.6 Å². The number of ether oxygens (including phenoxy) is 1. The third-order valence-corrected chi connectivity index (χ3v) is 5.31. The average molecular weight is 412 g/mol. The van der Waals surface area contributed by atoms with Crippen LogP contribution in [-0.4, -0.2) is 43.9 Å². The summed E-state index contributed by atoms with van der Waals surface area (Å²) in [4.78, 5) is 6.43. The van der Waals surface area contributed by atoms with Gasteiger partial charge >= 0.3 is 0 Å². The van der Waals surface area contributed by atoms with Gasteiger partial charge in [0.05, 0.1) is 19.4 Å². The Hall–Kier alpha value is -2.68. The van der Waals surface area contributed by atoms with Crippen LogP contribution < -0.4 is 0 Å². The highest BCUT2D eigenvalue weighted by Crippen LogP contribution is 2.23. The Morgan fingerprint density at radius 2 is 2.10 bits per heavy atom. The lowest BCUT2D eigenvalue weighted by atomic mass is 10.1. The van der Waals surface area contributed by atoms with Gasteiger partial charge in [0.15, 0.2) is 10.6 Å². The van der Waals surface area contributed by atoms with Crippen molar-refractivity contribution in [3.05, 3.63) is 77.6 Å². The zero-order valence-electron chi connectivity index (χ0n) is 15.9. The van der Waals surface area contributed by atoms with E-state index in [-0.39, 0.29) is 11.9 Å². The molecule has 0 saturated carbocycles. The SMILES string of the molecule is C=CCn1c(-c2cccnc2)nn(CN2CCOC(c3ccc(F)cc3)C2)c1=S. The van der Waals surface area contributed by atoms with Gasteiger partial charge in [-0.25, -0.2) is 9.07 Å². The van der Waals surface area contributed by atoms with Crippen LogP contribution in [-0.2, 0) is 18.0 Å². The molecule has 3 aromatic rings. The van der Waals surface area contributed by atoms with Crippen molar-refractivity contribution in [2.75, 3.05) is 19.7 Å². The largest absolute Gasteiger partial charge is 0.371 e. The standard InChI is InChI=1S/C21H22FN5OS/c1-2-10-26-20(17-4-3-9-23-13-17)24-27(21(26)29)15-25-11-12-28-19(14-25)16-5-7-18(22)8-6-16/h2-9,13,19H,1,10-12,14-15H2. The van der Waals surface area contributed by atoms with Crippen LogP contribution in [0.25, 0.3) is 11.4 Å². The molecular weight excluding hydrogens is 389 g/mol. The maximum absolute atomic E-state index is 13.2. The minimum Gasteiger partial charge on any atom is -0.371 e. The van der Waals surface area contributed by atoms with Crippen LogP contribution in [0.15, 0.2) is 61.4 Å². The van der Waals surface area contributed by atoms with Crippen LogP contribution in [0.1, 0.15) is 11.7 Å². The highest BCUT2D eigenvalue weighted by atomic mass is 32.1. The number of hydrogen-bond acceptors (Lipinski definition) is 5. The zero-order valence-corrected chi connectivity index (χ0v) is 16.8. The quantitative estimate of drug-likeness (QED) is 0.456. The molecule has 3 heterocycles. The Labute approximate surface area is 173 Å². The Kier molecular flexibility index (Phi) is 5.94. The first-order valence-electron chi connectivity index (χ1n) is 9.44. The number of rotatable bonds is 6. The summed E-state index contributed by atoms with van der Waals surface area (Å²) in [5.41, 5.74) is 1.87. The average Bonchev–Trinajstić information content (AvgIpc) is 3.05. The highest BCUT2D eigenvalue weighted by Gasteiger charge is 2.23. The van der Waals surface area contributed by atoms with Crippen molar-refractivity contribution in [3.63, 3.8) is 0 Å². The maximum Gasteiger partial charge on any atom is 0.199 e. The molecule has 1 fully saturated rings. The van der Waals surface area contributed by atoms with Crippen LogP contribution in [0, 0.1) is 10.6 Å². The highest BCUT2D eigenvalue weighted by molar-refractivity contribution is 7.71. The lowest BCUT2D eigenvalue weighted by Gasteiger charge is -2.32. The summed E-state index contributed by atoms with van der Waals surface area (Å²) >= 11 is 5.68. The van der Waals surface area contributed by atoms with Gasteiger partial charge in [-0.2, -0.15) is 5.10 Å². The van der Waals surface area contributed by atoms with E-state index >= 15 is 0 Å². The molecule has 0 aliphatic carbocycles. The van der Waals surface area contributed by atoms with Crippen molar-refractivity contribution >= 4 is 12.2 Å². The Balaban J connectivity index is 1.56. The van der Waals surface area contributed by atoms with Crippen LogP contribution in [0.5, 0.6) is 0 Å². The third-order valence-electron chi connectivity index (χ3n) is 4.88. The lowest BCUT2D eigenvalue weighted by Crippen LogP contribution is -2.39. The van der Waals surface area contributed by atoms with Gasteiger partial charge in [-0.15, -0.1) is 6.58 Å². The van der Waals surface area contributed by atoms with Crippen molar-refractivity contribution in [1.82, 2.24) is 24.2 Å². The fraction of sp³-hybridized carbons (Fsp3) is 0.286. The Morgan fingerprint density at radius 1 is 1.28 bits per heavy atom. The Bertz CT molecular complexity index is 1030. The van der Waals surface area contributed by atoms with Gasteiger partial charge in [-0.3, -0.25) is 14.5 Å². The minimum absolute atomic E-state index is 0.105. The van der Waals surface area contributed by atoms with Gasteiger partial charge in [-0.05, 0) is 42.0 Å². The summed E-state index contributed by atoms with van der Waals surface area (Å²) in [6.07, 6.45) is 5.21. The van der Waals surface area contributed by atoms with Gasteiger partial charge in [0, 0.05) is 37.6 Å². The number of aromatic nitrogens is 4. The first kappa shape index (κ1) is 19.6. The van der Waals surface area contributed by atoms with Gasteiger partial charge in [0.25, 0.3) is 0 Å². The van der Waals surface area contributed by atoms with Crippen molar-refractivity contribution in [1.29, 1.82) is 0 Å². The predicted molar refractivity (Wildman–Crippen MR) is 111 cm³/mol. The fourth-order valence-electron chi connectivity index (χ4n) is 3.43. The number of benzene rings is 1. The monoisotopic (exact) mass is 411 g/mol. The van der Waals surface area contributed by atoms with E-state index in [0.29, 0.717) is 31.1 Å². The molecule has 1 atom stereocenters. The van der Waals surface area contributed by atoms with Crippen molar-refractivity contribution in [2.45, 2.75) is 19.3 Å². The van der Waals surface area contributed by atoms with Crippen molar-refractivity contribution in [3.8, 4) is 11.4 Å². The number of nitrogens with zero attached hydrogens (tertiary/aromatic N) is 5. The van der Waals surface area contributed by atoms with Crippen LogP contribution in [0.4, 0.5) is 4.39 Å². The molecule has 4 rings (SSSR count). The molecular formula is C21H22FN5OS. The summed E-state index contributed by atoms with van der Waals surface area (Å²) in [5, 5.41) is 4.76. The van der Waals surface area contributed by atoms with Gasteiger partial charge < -0.3 is 4.74 Å². The molecule has 1 aromatic carbocycles. The normalized spacial score (nSPS) is 17.3. The number of morpholine rings is 1. The maximum atomic E-state index is 13.2. The molecule has 1 aliphatic heterocycles. The second-order valence-electron chi connectivity index (χ2n) is 6.88. The molecule has 8 heteroatoms. The van der Waals surface area contributed by atoms with Crippen LogP contribution in [0.3, 0.4) is 0 Å². The molecule has 150 valence electrons. The van der Waals surface area contributed by atoms with Gasteiger partial charge in [0.2, 0.25) is 0 Å². The van der Waals surface area contributed by atoms with Crippen LogP contribution >= 0.6 is 12.2 Å². The summed E-state index contributed by atoms with van der Waals surface area (Å²) < 4.78 is 23.5. The molecule has 0 N–H and O–H groups in total. The number of hydrogen-bond donors (Lipinski definition) is 0. The number of allylic oxidation sites excluding steroid dienone is 1. The molecule has 0 bridgehead atoms. The Morgan fingerprint density at radius 3 is 2.83 bits per heavy atom. The molecule has 6 nitrogen and oxygen atoms in total. The first-order valence-corrected chi connectivity index (χ1v) is 9.85.